The van der Waals surface area contributed by atoms with Crippen LogP contribution in [0, 0.1) is 0 Å². The first-order valence-corrected chi connectivity index (χ1v) is 7.30. The van der Waals surface area contributed by atoms with Gasteiger partial charge < -0.3 is 10.0 Å². The van der Waals surface area contributed by atoms with Gasteiger partial charge in [0.2, 0.25) is 5.91 Å². The first kappa shape index (κ1) is 14.1. The molecular formula is C16H23NO2. The molecule has 1 aromatic rings. The number of hydrogen-bond donors (Lipinski definition) is 1. The van der Waals surface area contributed by atoms with Gasteiger partial charge in [-0.3, -0.25) is 4.79 Å². The lowest BCUT2D eigenvalue weighted by Gasteiger charge is -2.17. The molecule has 0 spiro atoms. The summed E-state index contributed by atoms with van der Waals surface area (Å²) < 4.78 is 0. The highest BCUT2D eigenvalue weighted by Crippen LogP contribution is 2.25. The topological polar surface area (TPSA) is 40.5 Å². The van der Waals surface area contributed by atoms with Crippen molar-refractivity contribution in [2.45, 2.75) is 51.6 Å². The molecule has 1 fully saturated rings. The predicted octanol–water partition coefficient (Wildman–Crippen LogP) is 3.43. The van der Waals surface area contributed by atoms with Gasteiger partial charge in [0.15, 0.2) is 0 Å². The van der Waals surface area contributed by atoms with E-state index in [0.717, 1.165) is 43.5 Å². The average molecular weight is 261 g/mol. The number of benzene rings is 1. The zero-order chi connectivity index (χ0) is 13.7. The standard InChI is InChI=1S/C16H23NO2/c1-2-3-4-6-15(18)13-8-10-14(11-9-13)17-12-5-7-16(17)19/h8-11,15,18H,2-7,12H2,1H3. The highest BCUT2D eigenvalue weighted by Gasteiger charge is 2.21. The van der Waals surface area contributed by atoms with E-state index in [4.69, 9.17) is 0 Å². The molecule has 19 heavy (non-hydrogen) atoms. The molecule has 1 N–H and O–H groups in total. The van der Waals surface area contributed by atoms with Crippen molar-refractivity contribution in [3.05, 3.63) is 29.8 Å². The molecular weight excluding hydrogens is 238 g/mol. The van der Waals surface area contributed by atoms with Crippen molar-refractivity contribution in [2.24, 2.45) is 0 Å². The Kier molecular flexibility index (Phi) is 4.97. The summed E-state index contributed by atoms with van der Waals surface area (Å²) in [6, 6.07) is 7.78. The van der Waals surface area contributed by atoms with Crippen LogP contribution in [0.4, 0.5) is 5.69 Å². The number of carbonyl (C=O) groups is 1. The molecule has 3 heteroatoms. The number of aliphatic hydroxyl groups is 1. The minimum atomic E-state index is -0.380. The molecule has 0 radical (unpaired) electrons. The third kappa shape index (κ3) is 3.57. The molecule has 1 heterocycles. The lowest BCUT2D eigenvalue weighted by molar-refractivity contribution is -0.117. The molecule has 0 aliphatic carbocycles. The number of nitrogens with zero attached hydrogens (tertiary/aromatic N) is 1. The van der Waals surface area contributed by atoms with Gasteiger partial charge in [-0.15, -0.1) is 0 Å². The van der Waals surface area contributed by atoms with E-state index in [1.54, 1.807) is 0 Å². The van der Waals surface area contributed by atoms with Gasteiger partial charge in [0.05, 0.1) is 6.10 Å². The second-order valence-corrected chi connectivity index (χ2v) is 5.25. The quantitative estimate of drug-likeness (QED) is 0.797. The van der Waals surface area contributed by atoms with E-state index in [1.807, 2.05) is 29.2 Å². The molecule has 1 aromatic carbocycles. The second-order valence-electron chi connectivity index (χ2n) is 5.25. The van der Waals surface area contributed by atoms with Gasteiger partial charge >= 0.3 is 0 Å². The van der Waals surface area contributed by atoms with Gasteiger partial charge in [-0.2, -0.15) is 0 Å². The molecule has 1 atom stereocenters. The summed E-state index contributed by atoms with van der Waals surface area (Å²) in [6.07, 6.45) is 5.43. The van der Waals surface area contributed by atoms with E-state index in [9.17, 15) is 9.90 Å². The van der Waals surface area contributed by atoms with Crippen LogP contribution in [-0.2, 0) is 4.79 Å². The van der Waals surface area contributed by atoms with Crippen LogP contribution in [0.15, 0.2) is 24.3 Å². The van der Waals surface area contributed by atoms with Crippen LogP contribution in [0.5, 0.6) is 0 Å². The summed E-state index contributed by atoms with van der Waals surface area (Å²) in [5.41, 5.74) is 1.90. The Morgan fingerprint density at radius 3 is 2.58 bits per heavy atom. The van der Waals surface area contributed by atoms with E-state index >= 15 is 0 Å². The summed E-state index contributed by atoms with van der Waals surface area (Å²) in [5.74, 6) is 0.205. The Balaban J connectivity index is 1.95. The molecule has 1 aliphatic heterocycles. The number of anilines is 1. The van der Waals surface area contributed by atoms with Crippen LogP contribution in [0.2, 0.25) is 0 Å². The lowest BCUT2D eigenvalue weighted by Crippen LogP contribution is -2.23. The maximum Gasteiger partial charge on any atom is 0.227 e. The van der Waals surface area contributed by atoms with Crippen LogP contribution in [-0.4, -0.2) is 17.6 Å². The van der Waals surface area contributed by atoms with Crippen molar-refractivity contribution in [3.63, 3.8) is 0 Å². The van der Waals surface area contributed by atoms with Crippen LogP contribution in [0.25, 0.3) is 0 Å². The largest absolute Gasteiger partial charge is 0.388 e. The summed E-state index contributed by atoms with van der Waals surface area (Å²) in [5, 5.41) is 10.1. The van der Waals surface area contributed by atoms with Gasteiger partial charge in [-0.25, -0.2) is 0 Å². The molecule has 2 rings (SSSR count). The maximum absolute atomic E-state index is 11.6. The van der Waals surface area contributed by atoms with Gasteiger partial charge in [-0.1, -0.05) is 38.3 Å². The average Bonchev–Trinajstić information content (AvgIpc) is 2.85. The van der Waals surface area contributed by atoms with Gasteiger partial charge in [0.1, 0.15) is 0 Å². The number of rotatable bonds is 6. The highest BCUT2D eigenvalue weighted by molar-refractivity contribution is 5.95. The monoisotopic (exact) mass is 261 g/mol. The molecule has 104 valence electrons. The summed E-state index contributed by atoms with van der Waals surface area (Å²) in [4.78, 5) is 13.5. The minimum Gasteiger partial charge on any atom is -0.388 e. The van der Waals surface area contributed by atoms with E-state index in [2.05, 4.69) is 6.92 Å². The summed E-state index contributed by atoms with van der Waals surface area (Å²) in [6.45, 7) is 2.98. The molecule has 0 aromatic heterocycles. The van der Waals surface area contributed by atoms with E-state index in [-0.39, 0.29) is 12.0 Å². The van der Waals surface area contributed by atoms with Gasteiger partial charge in [-0.05, 0) is 30.5 Å². The molecule has 1 saturated heterocycles. The first-order valence-electron chi connectivity index (χ1n) is 7.30. The summed E-state index contributed by atoms with van der Waals surface area (Å²) in [7, 11) is 0. The van der Waals surface area contributed by atoms with Crippen molar-refractivity contribution < 1.29 is 9.90 Å². The SMILES string of the molecule is CCCCCC(O)c1ccc(N2CCCC2=O)cc1. The fraction of sp³-hybridized carbons (Fsp3) is 0.562. The fourth-order valence-electron chi connectivity index (χ4n) is 2.55. The van der Waals surface area contributed by atoms with Crippen LogP contribution in [0.1, 0.15) is 57.1 Å². The lowest BCUT2D eigenvalue weighted by atomic mass is 10.0. The van der Waals surface area contributed by atoms with Gasteiger partial charge in [0, 0.05) is 18.7 Å². The van der Waals surface area contributed by atoms with Gasteiger partial charge in [0.25, 0.3) is 0 Å². The molecule has 3 nitrogen and oxygen atoms in total. The number of aliphatic hydroxyl groups excluding tert-OH is 1. The van der Waals surface area contributed by atoms with Crippen molar-refractivity contribution in [1.82, 2.24) is 0 Å². The van der Waals surface area contributed by atoms with Crippen LogP contribution >= 0.6 is 0 Å². The van der Waals surface area contributed by atoms with Crippen molar-refractivity contribution in [3.8, 4) is 0 Å². The highest BCUT2D eigenvalue weighted by atomic mass is 16.3. The molecule has 0 saturated carbocycles. The fourth-order valence-corrected chi connectivity index (χ4v) is 2.55. The Hall–Kier alpha value is -1.35. The normalized spacial score (nSPS) is 16.9. The van der Waals surface area contributed by atoms with Crippen LogP contribution in [0.3, 0.4) is 0 Å². The number of carbonyl (C=O) groups excluding carboxylic acids is 1. The van der Waals surface area contributed by atoms with E-state index in [0.29, 0.717) is 6.42 Å². The smallest absolute Gasteiger partial charge is 0.227 e. The van der Waals surface area contributed by atoms with Crippen molar-refractivity contribution in [1.29, 1.82) is 0 Å². The molecule has 1 unspecified atom stereocenters. The number of unbranched alkanes of at least 4 members (excludes halogenated alkanes) is 2. The third-order valence-electron chi connectivity index (χ3n) is 3.74. The Labute approximate surface area is 115 Å². The Morgan fingerprint density at radius 1 is 1.26 bits per heavy atom. The predicted molar refractivity (Wildman–Crippen MR) is 77.1 cm³/mol. The Morgan fingerprint density at radius 2 is 2.00 bits per heavy atom. The molecule has 1 aliphatic rings. The zero-order valence-corrected chi connectivity index (χ0v) is 11.6. The molecule has 0 bridgehead atoms. The van der Waals surface area contributed by atoms with E-state index < -0.39 is 0 Å². The van der Waals surface area contributed by atoms with Crippen molar-refractivity contribution >= 4 is 11.6 Å². The second kappa shape index (κ2) is 6.71. The van der Waals surface area contributed by atoms with Crippen molar-refractivity contribution in [2.75, 3.05) is 11.4 Å². The maximum atomic E-state index is 11.6. The third-order valence-corrected chi connectivity index (χ3v) is 3.74. The van der Waals surface area contributed by atoms with Crippen LogP contribution < -0.4 is 4.90 Å². The minimum absolute atomic E-state index is 0.205. The number of hydrogen-bond acceptors (Lipinski definition) is 2. The molecule has 1 amide bonds. The Bertz CT molecular complexity index is 413. The summed E-state index contributed by atoms with van der Waals surface area (Å²) >= 11 is 0. The zero-order valence-electron chi connectivity index (χ0n) is 11.6. The first-order chi connectivity index (χ1) is 9.22. The number of amides is 1. The van der Waals surface area contributed by atoms with E-state index in [1.165, 1.54) is 6.42 Å².